The Morgan fingerprint density at radius 1 is 1.53 bits per heavy atom. The molecule has 0 aliphatic heterocycles. The molecule has 1 N–H and O–H groups in total. The van der Waals surface area contributed by atoms with Gasteiger partial charge in [-0.1, -0.05) is 0 Å². The summed E-state index contributed by atoms with van der Waals surface area (Å²) in [4.78, 5) is 23.0. The molecule has 6 heteroatoms. The summed E-state index contributed by atoms with van der Waals surface area (Å²) in [6.07, 6.45) is 2.25. The Bertz CT molecular complexity index is 511. The van der Waals surface area contributed by atoms with Gasteiger partial charge in [0.1, 0.15) is 6.54 Å². The molecule has 0 aromatic heterocycles. The fourth-order valence-corrected chi connectivity index (χ4v) is 2.13. The maximum Gasteiger partial charge on any atom is 0.323 e. The van der Waals surface area contributed by atoms with Crippen molar-refractivity contribution in [3.05, 3.63) is 33.9 Å². The zero-order valence-electron chi connectivity index (χ0n) is 10.7. The molecule has 19 heavy (non-hydrogen) atoms. The summed E-state index contributed by atoms with van der Waals surface area (Å²) in [7, 11) is 0. The molecule has 1 aliphatic carbocycles. The van der Waals surface area contributed by atoms with Crippen molar-refractivity contribution in [2.45, 2.75) is 19.8 Å². The smallest absolute Gasteiger partial charge is 0.323 e. The Hall–Kier alpha value is -2.11. The van der Waals surface area contributed by atoms with Gasteiger partial charge < -0.3 is 10.0 Å². The number of carbonyl (C=O) groups is 1. The van der Waals surface area contributed by atoms with Gasteiger partial charge >= 0.3 is 5.97 Å². The lowest BCUT2D eigenvalue weighted by molar-refractivity contribution is -0.384. The minimum atomic E-state index is -0.890. The number of carboxylic acids is 1. The highest BCUT2D eigenvalue weighted by atomic mass is 16.6. The van der Waals surface area contributed by atoms with Crippen LogP contribution < -0.4 is 4.90 Å². The van der Waals surface area contributed by atoms with E-state index < -0.39 is 10.9 Å². The number of hydrogen-bond acceptors (Lipinski definition) is 4. The molecule has 1 aromatic carbocycles. The van der Waals surface area contributed by atoms with Gasteiger partial charge in [0.15, 0.2) is 0 Å². The average molecular weight is 264 g/mol. The second-order valence-electron chi connectivity index (χ2n) is 4.95. The molecule has 0 spiro atoms. The van der Waals surface area contributed by atoms with Crippen molar-refractivity contribution in [2.75, 3.05) is 18.0 Å². The van der Waals surface area contributed by atoms with E-state index in [0.717, 1.165) is 24.1 Å². The third-order valence-electron chi connectivity index (χ3n) is 3.23. The normalized spacial score (nSPS) is 14.2. The van der Waals surface area contributed by atoms with E-state index in [4.69, 9.17) is 5.11 Å². The second-order valence-corrected chi connectivity index (χ2v) is 4.95. The number of aryl methyl sites for hydroxylation is 1. The highest BCUT2D eigenvalue weighted by molar-refractivity contribution is 5.74. The Labute approximate surface area is 110 Å². The third kappa shape index (κ3) is 3.43. The van der Waals surface area contributed by atoms with Gasteiger partial charge in [-0.3, -0.25) is 14.9 Å². The van der Waals surface area contributed by atoms with E-state index >= 15 is 0 Å². The lowest BCUT2D eigenvalue weighted by Crippen LogP contribution is -2.32. The maximum absolute atomic E-state index is 10.9. The monoisotopic (exact) mass is 264 g/mol. The van der Waals surface area contributed by atoms with Gasteiger partial charge in [-0.05, 0) is 37.3 Å². The molecular formula is C13H16N2O4. The van der Waals surface area contributed by atoms with E-state index in [9.17, 15) is 14.9 Å². The first-order chi connectivity index (χ1) is 8.97. The van der Waals surface area contributed by atoms with Crippen LogP contribution in [0.4, 0.5) is 11.4 Å². The molecule has 0 saturated heterocycles. The standard InChI is InChI=1S/C13H16N2O4/c1-9-6-11(15(18)19)4-5-12(9)14(8-13(16)17)7-10-2-3-10/h4-6,10H,2-3,7-8H2,1H3,(H,16,17). The van der Waals surface area contributed by atoms with Crippen molar-refractivity contribution in [1.29, 1.82) is 0 Å². The topological polar surface area (TPSA) is 83.7 Å². The number of hydrogen-bond donors (Lipinski definition) is 1. The first-order valence-corrected chi connectivity index (χ1v) is 6.19. The summed E-state index contributed by atoms with van der Waals surface area (Å²) in [6.45, 7) is 2.39. The zero-order chi connectivity index (χ0) is 14.0. The summed E-state index contributed by atoms with van der Waals surface area (Å²) in [5.74, 6) is -0.340. The van der Waals surface area contributed by atoms with Crippen molar-refractivity contribution < 1.29 is 14.8 Å². The van der Waals surface area contributed by atoms with Crippen LogP contribution in [0.15, 0.2) is 18.2 Å². The van der Waals surface area contributed by atoms with Crippen LogP contribution in [0.1, 0.15) is 18.4 Å². The number of aliphatic carboxylic acids is 1. The third-order valence-corrected chi connectivity index (χ3v) is 3.23. The first kappa shape index (κ1) is 13.3. The van der Waals surface area contributed by atoms with Gasteiger partial charge in [0.05, 0.1) is 4.92 Å². The number of anilines is 1. The number of nitrogens with zero attached hydrogens (tertiary/aromatic N) is 2. The predicted molar refractivity (Wildman–Crippen MR) is 70.4 cm³/mol. The molecule has 0 amide bonds. The van der Waals surface area contributed by atoms with E-state index in [0.29, 0.717) is 12.5 Å². The largest absolute Gasteiger partial charge is 0.480 e. The van der Waals surface area contributed by atoms with E-state index in [1.807, 2.05) is 0 Å². The van der Waals surface area contributed by atoms with Gasteiger partial charge in [0.2, 0.25) is 0 Å². The molecule has 1 aliphatic rings. The van der Waals surface area contributed by atoms with Crippen molar-refractivity contribution in [3.8, 4) is 0 Å². The summed E-state index contributed by atoms with van der Waals surface area (Å²) in [6, 6.07) is 4.54. The van der Waals surface area contributed by atoms with Crippen LogP contribution in [-0.4, -0.2) is 29.1 Å². The van der Waals surface area contributed by atoms with Gasteiger partial charge in [-0.25, -0.2) is 0 Å². The fraction of sp³-hybridized carbons (Fsp3) is 0.462. The zero-order valence-corrected chi connectivity index (χ0v) is 10.7. The van der Waals surface area contributed by atoms with Gasteiger partial charge in [-0.15, -0.1) is 0 Å². The number of rotatable bonds is 6. The fourth-order valence-electron chi connectivity index (χ4n) is 2.13. The van der Waals surface area contributed by atoms with Crippen LogP contribution in [0.2, 0.25) is 0 Å². The van der Waals surface area contributed by atoms with Crippen LogP contribution >= 0.6 is 0 Å². The van der Waals surface area contributed by atoms with Crippen LogP contribution in [-0.2, 0) is 4.79 Å². The van der Waals surface area contributed by atoms with Crippen LogP contribution in [0.5, 0.6) is 0 Å². The minimum absolute atomic E-state index is 0.0305. The lowest BCUT2D eigenvalue weighted by Gasteiger charge is -2.24. The van der Waals surface area contributed by atoms with Gasteiger partial charge in [0, 0.05) is 24.4 Å². The highest BCUT2D eigenvalue weighted by Crippen LogP contribution is 2.33. The van der Waals surface area contributed by atoms with Crippen molar-refractivity contribution >= 4 is 17.3 Å². The Morgan fingerprint density at radius 3 is 2.68 bits per heavy atom. The van der Waals surface area contributed by atoms with Crippen molar-refractivity contribution in [2.24, 2.45) is 5.92 Å². The molecule has 0 bridgehead atoms. The quantitative estimate of drug-likeness (QED) is 0.629. The first-order valence-electron chi connectivity index (χ1n) is 6.19. The van der Waals surface area contributed by atoms with Crippen molar-refractivity contribution in [1.82, 2.24) is 0 Å². The maximum atomic E-state index is 10.9. The Kier molecular flexibility index (Phi) is 3.69. The molecule has 6 nitrogen and oxygen atoms in total. The van der Waals surface area contributed by atoms with Crippen LogP contribution in [0.25, 0.3) is 0 Å². The van der Waals surface area contributed by atoms with Crippen LogP contribution in [0, 0.1) is 23.0 Å². The van der Waals surface area contributed by atoms with E-state index in [1.54, 1.807) is 17.9 Å². The van der Waals surface area contributed by atoms with Gasteiger partial charge in [-0.2, -0.15) is 0 Å². The molecule has 0 heterocycles. The summed E-state index contributed by atoms with van der Waals surface area (Å²) < 4.78 is 0. The predicted octanol–water partition coefficient (Wildman–Crippen LogP) is 2.20. The lowest BCUT2D eigenvalue weighted by atomic mass is 10.1. The number of nitro groups is 1. The molecule has 1 saturated carbocycles. The van der Waals surface area contributed by atoms with E-state index in [2.05, 4.69) is 0 Å². The molecule has 1 fully saturated rings. The number of carboxylic acid groups (broad SMARTS) is 1. The van der Waals surface area contributed by atoms with Crippen molar-refractivity contribution in [3.63, 3.8) is 0 Å². The SMILES string of the molecule is Cc1cc([N+](=O)[O-])ccc1N(CC(=O)O)CC1CC1. The molecule has 1 aromatic rings. The summed E-state index contributed by atoms with van der Waals surface area (Å²) in [5, 5.41) is 19.7. The number of nitro benzene ring substituents is 1. The molecule has 102 valence electrons. The minimum Gasteiger partial charge on any atom is -0.480 e. The second kappa shape index (κ2) is 5.26. The molecular weight excluding hydrogens is 248 g/mol. The van der Waals surface area contributed by atoms with E-state index in [1.165, 1.54) is 12.1 Å². The average Bonchev–Trinajstić information content (AvgIpc) is 3.11. The molecule has 0 unspecified atom stereocenters. The Balaban J connectivity index is 2.24. The van der Waals surface area contributed by atoms with Gasteiger partial charge in [0.25, 0.3) is 5.69 Å². The van der Waals surface area contributed by atoms with E-state index in [-0.39, 0.29) is 12.2 Å². The number of non-ortho nitro benzene ring substituents is 1. The molecule has 2 rings (SSSR count). The van der Waals surface area contributed by atoms with Crippen LogP contribution in [0.3, 0.4) is 0 Å². The molecule has 0 atom stereocenters. The molecule has 0 radical (unpaired) electrons. The summed E-state index contributed by atoms with van der Waals surface area (Å²) >= 11 is 0. The summed E-state index contributed by atoms with van der Waals surface area (Å²) in [5.41, 5.74) is 1.53. The highest BCUT2D eigenvalue weighted by Gasteiger charge is 2.26. The number of benzene rings is 1. The Morgan fingerprint density at radius 2 is 2.21 bits per heavy atom.